The second-order valence-corrected chi connectivity index (χ2v) is 6.20. The summed E-state index contributed by atoms with van der Waals surface area (Å²) in [5.41, 5.74) is 1.03. The Kier molecular flexibility index (Phi) is 9.27. The average molecular weight is 399 g/mol. The fourth-order valence-electron chi connectivity index (χ4n) is 2.29. The number of benzene rings is 2. The number of amides is 1. The molecule has 0 aliphatic heterocycles. The van der Waals surface area contributed by atoms with Crippen molar-refractivity contribution >= 4 is 30.1 Å². The molecule has 7 heteroatoms. The molecule has 0 saturated heterocycles. The van der Waals surface area contributed by atoms with Gasteiger partial charge in [0.25, 0.3) is 0 Å². The highest BCUT2D eigenvalue weighted by molar-refractivity contribution is 6.30. The van der Waals surface area contributed by atoms with Crippen LogP contribution < -0.4 is 14.8 Å². The highest BCUT2D eigenvalue weighted by Crippen LogP contribution is 2.23. The Morgan fingerprint density at radius 2 is 1.85 bits per heavy atom. The van der Waals surface area contributed by atoms with Crippen LogP contribution in [0.15, 0.2) is 48.5 Å². The molecule has 0 saturated carbocycles. The number of hydrogen-bond donors (Lipinski definition) is 1. The number of nitrogens with one attached hydrogen (secondary N) is 1. The predicted molar refractivity (Wildman–Crippen MR) is 107 cm³/mol. The number of carbonyl (C=O) groups excluding carboxylic acids is 1. The van der Waals surface area contributed by atoms with Crippen molar-refractivity contribution < 1.29 is 14.3 Å². The summed E-state index contributed by atoms with van der Waals surface area (Å²) in [4.78, 5) is 13.1. The molecule has 2 aromatic rings. The van der Waals surface area contributed by atoms with E-state index in [0.717, 1.165) is 17.7 Å². The molecule has 0 fully saturated rings. The summed E-state index contributed by atoms with van der Waals surface area (Å²) in [5, 5.41) is 3.95. The molecular formula is C19H24Cl2N2O3. The van der Waals surface area contributed by atoms with Gasteiger partial charge in [-0.05, 0) is 49.0 Å². The summed E-state index contributed by atoms with van der Waals surface area (Å²) in [6.07, 6.45) is 0.369. The van der Waals surface area contributed by atoms with E-state index in [2.05, 4.69) is 5.32 Å². The van der Waals surface area contributed by atoms with E-state index in [9.17, 15) is 4.79 Å². The van der Waals surface area contributed by atoms with Crippen LogP contribution in [0.25, 0.3) is 0 Å². The number of ether oxygens (including phenoxy) is 2. The second-order valence-electron chi connectivity index (χ2n) is 5.77. The second kappa shape index (κ2) is 10.9. The maximum atomic E-state index is 11.7. The molecule has 0 aliphatic carbocycles. The molecule has 0 spiro atoms. The Morgan fingerprint density at radius 3 is 2.46 bits per heavy atom. The van der Waals surface area contributed by atoms with Gasteiger partial charge >= 0.3 is 6.09 Å². The summed E-state index contributed by atoms with van der Waals surface area (Å²) in [6, 6.07) is 14.9. The predicted octanol–water partition coefficient (Wildman–Crippen LogP) is 4.55. The molecule has 26 heavy (non-hydrogen) atoms. The fourth-order valence-corrected chi connectivity index (χ4v) is 2.42. The van der Waals surface area contributed by atoms with E-state index in [1.165, 1.54) is 4.90 Å². The monoisotopic (exact) mass is 398 g/mol. The fraction of sp³-hybridized carbons (Fsp3) is 0.316. The van der Waals surface area contributed by atoms with Crippen LogP contribution in [0, 0.1) is 0 Å². The summed E-state index contributed by atoms with van der Waals surface area (Å²) in [7, 11) is 5.19. The van der Waals surface area contributed by atoms with Gasteiger partial charge < -0.3 is 19.7 Å². The third-order valence-electron chi connectivity index (χ3n) is 3.67. The van der Waals surface area contributed by atoms with Crippen LogP contribution >= 0.6 is 24.0 Å². The zero-order valence-corrected chi connectivity index (χ0v) is 16.6. The lowest BCUT2D eigenvalue weighted by Gasteiger charge is -2.18. The van der Waals surface area contributed by atoms with Crippen LogP contribution in [0.5, 0.6) is 11.5 Å². The molecule has 2 rings (SSSR count). The molecule has 0 bridgehead atoms. The lowest BCUT2D eigenvalue weighted by atomic mass is 10.0. The minimum Gasteiger partial charge on any atom is -0.494 e. The average Bonchev–Trinajstić information content (AvgIpc) is 2.60. The normalized spacial score (nSPS) is 11.2. The molecule has 2 aromatic carbocycles. The maximum absolute atomic E-state index is 11.7. The van der Waals surface area contributed by atoms with Gasteiger partial charge in [0.05, 0.1) is 6.61 Å². The number of halogens is 2. The molecule has 1 N–H and O–H groups in total. The van der Waals surface area contributed by atoms with Crippen molar-refractivity contribution in [2.75, 3.05) is 27.7 Å². The first kappa shape index (κ1) is 22.1. The minimum absolute atomic E-state index is 0. The topological polar surface area (TPSA) is 50.8 Å². The summed E-state index contributed by atoms with van der Waals surface area (Å²) in [5.74, 6) is 1.31. The van der Waals surface area contributed by atoms with Crippen LogP contribution in [0.4, 0.5) is 4.79 Å². The largest absolute Gasteiger partial charge is 0.494 e. The number of nitrogens with zero attached hydrogens (tertiary/aromatic N) is 1. The molecular weight excluding hydrogens is 375 g/mol. The molecule has 0 radical (unpaired) electrons. The van der Waals surface area contributed by atoms with Crippen molar-refractivity contribution in [1.29, 1.82) is 0 Å². The third kappa shape index (κ3) is 6.75. The van der Waals surface area contributed by atoms with Crippen LogP contribution in [-0.4, -0.2) is 38.7 Å². The van der Waals surface area contributed by atoms with Crippen molar-refractivity contribution in [3.05, 3.63) is 59.1 Å². The third-order valence-corrected chi connectivity index (χ3v) is 3.92. The van der Waals surface area contributed by atoms with E-state index < -0.39 is 6.09 Å². The van der Waals surface area contributed by atoms with Crippen LogP contribution in [-0.2, 0) is 0 Å². The van der Waals surface area contributed by atoms with Crippen molar-refractivity contribution in [1.82, 2.24) is 10.2 Å². The zero-order valence-electron chi connectivity index (χ0n) is 15.1. The summed E-state index contributed by atoms with van der Waals surface area (Å²) < 4.78 is 11.1. The molecule has 0 aliphatic rings. The lowest BCUT2D eigenvalue weighted by Crippen LogP contribution is -2.25. The Labute approximate surface area is 165 Å². The highest BCUT2D eigenvalue weighted by Gasteiger charge is 2.12. The Balaban J connectivity index is 0.00000338. The standard InChI is InChI=1S/C19H23ClN2O3.ClH/c1-21-18(11-12-24-16-9-7-15(20)8-10-16)14-5-4-6-17(13-14)25-19(23)22(2)3;/h4-10,13,18,21H,11-12H2,1-3H3;1H. The Bertz CT molecular complexity index is 693. The van der Waals surface area contributed by atoms with Gasteiger partial charge in [0.2, 0.25) is 0 Å². The van der Waals surface area contributed by atoms with Crippen molar-refractivity contribution in [2.24, 2.45) is 0 Å². The molecule has 5 nitrogen and oxygen atoms in total. The van der Waals surface area contributed by atoms with Crippen molar-refractivity contribution in [2.45, 2.75) is 12.5 Å². The van der Waals surface area contributed by atoms with Gasteiger partial charge in [-0.25, -0.2) is 4.79 Å². The smallest absolute Gasteiger partial charge is 0.414 e. The SMILES string of the molecule is CNC(CCOc1ccc(Cl)cc1)c1cccc(OC(=O)N(C)C)c1.Cl. The first-order valence-electron chi connectivity index (χ1n) is 8.04. The summed E-state index contributed by atoms with van der Waals surface area (Å²) >= 11 is 5.86. The van der Waals surface area contributed by atoms with E-state index in [1.54, 1.807) is 32.3 Å². The molecule has 0 aromatic heterocycles. The lowest BCUT2D eigenvalue weighted by molar-refractivity contribution is 0.172. The number of rotatable bonds is 7. The Hall–Kier alpha value is -1.95. The Morgan fingerprint density at radius 1 is 1.15 bits per heavy atom. The van der Waals surface area contributed by atoms with Gasteiger partial charge in [0.1, 0.15) is 11.5 Å². The van der Waals surface area contributed by atoms with E-state index in [-0.39, 0.29) is 18.4 Å². The number of carbonyl (C=O) groups is 1. The zero-order chi connectivity index (χ0) is 18.2. The molecule has 0 heterocycles. The molecule has 1 atom stereocenters. The summed E-state index contributed by atoms with van der Waals surface area (Å²) in [6.45, 7) is 0.550. The van der Waals surface area contributed by atoms with Crippen molar-refractivity contribution in [3.8, 4) is 11.5 Å². The van der Waals surface area contributed by atoms with E-state index in [1.807, 2.05) is 37.4 Å². The quantitative estimate of drug-likeness (QED) is 0.742. The van der Waals surface area contributed by atoms with Crippen LogP contribution in [0.1, 0.15) is 18.0 Å². The first-order chi connectivity index (χ1) is 12.0. The molecule has 1 amide bonds. The van der Waals surface area contributed by atoms with E-state index >= 15 is 0 Å². The van der Waals surface area contributed by atoms with Gasteiger partial charge in [0, 0.05) is 31.6 Å². The molecule has 142 valence electrons. The molecule has 1 unspecified atom stereocenters. The minimum atomic E-state index is -0.399. The van der Waals surface area contributed by atoms with Crippen LogP contribution in [0.3, 0.4) is 0 Å². The first-order valence-corrected chi connectivity index (χ1v) is 8.42. The highest BCUT2D eigenvalue weighted by atomic mass is 35.5. The van der Waals surface area contributed by atoms with E-state index in [4.69, 9.17) is 21.1 Å². The van der Waals surface area contributed by atoms with E-state index in [0.29, 0.717) is 17.4 Å². The maximum Gasteiger partial charge on any atom is 0.414 e. The van der Waals surface area contributed by atoms with Crippen LogP contribution in [0.2, 0.25) is 5.02 Å². The van der Waals surface area contributed by atoms with Crippen molar-refractivity contribution in [3.63, 3.8) is 0 Å². The van der Waals surface area contributed by atoms with Gasteiger partial charge in [-0.3, -0.25) is 0 Å². The van der Waals surface area contributed by atoms with Gasteiger partial charge in [-0.1, -0.05) is 23.7 Å². The van der Waals surface area contributed by atoms with Gasteiger partial charge in [-0.2, -0.15) is 0 Å². The van der Waals surface area contributed by atoms with Gasteiger partial charge in [0.15, 0.2) is 0 Å². The number of hydrogen-bond acceptors (Lipinski definition) is 4. The van der Waals surface area contributed by atoms with Gasteiger partial charge in [-0.15, -0.1) is 12.4 Å².